The number of benzene rings is 2. The number of hydrogen-bond acceptors (Lipinski definition) is 5. The van der Waals surface area contributed by atoms with Gasteiger partial charge in [0.1, 0.15) is 5.75 Å². The van der Waals surface area contributed by atoms with Gasteiger partial charge >= 0.3 is 5.97 Å². The Bertz CT molecular complexity index is 809. The summed E-state index contributed by atoms with van der Waals surface area (Å²) in [6.07, 6.45) is 1.56. The Kier molecular flexibility index (Phi) is 4.30. The maximum atomic E-state index is 11.9. The average molecular weight is 330 g/mol. The van der Waals surface area contributed by atoms with Crippen molar-refractivity contribution >= 4 is 17.6 Å². The summed E-state index contributed by atoms with van der Waals surface area (Å²) in [7, 11) is 0. The monoisotopic (exact) mass is 329 g/mol. The lowest BCUT2D eigenvalue weighted by Gasteiger charge is -2.02. The van der Waals surface area contributed by atoms with Crippen molar-refractivity contribution in [2.24, 2.45) is 0 Å². The Labute approximate surface area is 137 Å². The largest absolute Gasteiger partial charge is 0.508 e. The number of hydrogen-bond donors (Lipinski definition) is 1. The van der Waals surface area contributed by atoms with Crippen LogP contribution in [0.1, 0.15) is 16.2 Å². The van der Waals surface area contributed by atoms with E-state index in [0.29, 0.717) is 22.2 Å². The Hall–Kier alpha value is -2.79. The Morgan fingerprint density at radius 3 is 2.52 bits per heavy atom. The van der Waals surface area contributed by atoms with E-state index in [1.807, 2.05) is 12.1 Å². The number of phenolic OH excluding ortho intramolecular Hbond substituents is 1. The summed E-state index contributed by atoms with van der Waals surface area (Å²) < 4.78 is 10.7. The number of rotatable bonds is 4. The third kappa shape index (κ3) is 3.70. The van der Waals surface area contributed by atoms with E-state index in [-0.39, 0.29) is 12.4 Å². The van der Waals surface area contributed by atoms with E-state index in [2.05, 4.69) is 4.98 Å². The first kappa shape index (κ1) is 15.1. The molecule has 0 bridgehead atoms. The summed E-state index contributed by atoms with van der Waals surface area (Å²) in [5.41, 5.74) is 1.17. The number of nitrogens with zero attached hydrogens (tertiary/aromatic N) is 1. The molecule has 5 nitrogen and oxygen atoms in total. The molecule has 6 heteroatoms. The molecule has 0 aliphatic heterocycles. The van der Waals surface area contributed by atoms with Crippen molar-refractivity contribution in [2.75, 3.05) is 0 Å². The number of carbonyl (C=O) groups excluding carboxylic acids is 1. The SMILES string of the molecule is O=C(OCc1ncc(-c2ccc(Cl)cc2)o1)c1ccc(O)cc1. The second kappa shape index (κ2) is 6.54. The first-order valence-corrected chi connectivity index (χ1v) is 7.16. The van der Waals surface area contributed by atoms with Crippen LogP contribution in [0.15, 0.2) is 59.1 Å². The van der Waals surface area contributed by atoms with Gasteiger partial charge in [-0.15, -0.1) is 0 Å². The van der Waals surface area contributed by atoms with E-state index in [4.69, 9.17) is 20.8 Å². The van der Waals surface area contributed by atoms with Crippen LogP contribution >= 0.6 is 11.6 Å². The molecule has 2 aromatic carbocycles. The van der Waals surface area contributed by atoms with Crippen molar-refractivity contribution in [3.63, 3.8) is 0 Å². The minimum atomic E-state index is -0.517. The molecule has 1 aromatic heterocycles. The van der Waals surface area contributed by atoms with Crippen molar-refractivity contribution in [3.8, 4) is 17.1 Å². The smallest absolute Gasteiger partial charge is 0.338 e. The minimum Gasteiger partial charge on any atom is -0.508 e. The van der Waals surface area contributed by atoms with E-state index in [0.717, 1.165) is 5.56 Å². The lowest BCUT2D eigenvalue weighted by molar-refractivity contribution is 0.0439. The van der Waals surface area contributed by atoms with Crippen LogP contribution in [0.25, 0.3) is 11.3 Å². The van der Waals surface area contributed by atoms with Gasteiger partial charge in [-0.3, -0.25) is 0 Å². The molecule has 1 heterocycles. The van der Waals surface area contributed by atoms with Crippen molar-refractivity contribution in [2.45, 2.75) is 6.61 Å². The second-order valence-electron chi connectivity index (χ2n) is 4.75. The molecule has 0 aliphatic rings. The molecule has 0 fully saturated rings. The standard InChI is InChI=1S/C17H12ClNO4/c18-13-5-1-11(2-6-13)15-9-19-16(23-15)10-22-17(21)12-3-7-14(20)8-4-12/h1-9,20H,10H2. The average Bonchev–Trinajstić information content (AvgIpc) is 3.03. The quantitative estimate of drug-likeness (QED) is 0.731. The van der Waals surface area contributed by atoms with Gasteiger partial charge in [0, 0.05) is 10.6 Å². The zero-order valence-corrected chi connectivity index (χ0v) is 12.7. The predicted octanol–water partition coefficient (Wildman–Crippen LogP) is 4.06. The van der Waals surface area contributed by atoms with Crippen LogP contribution in [0.4, 0.5) is 0 Å². The summed E-state index contributed by atoms with van der Waals surface area (Å²) in [6.45, 7) is -0.0761. The number of carbonyl (C=O) groups is 1. The van der Waals surface area contributed by atoms with E-state index < -0.39 is 5.97 Å². The molecule has 0 unspecified atom stereocenters. The van der Waals surface area contributed by atoms with Gasteiger partial charge in [-0.1, -0.05) is 11.6 Å². The van der Waals surface area contributed by atoms with Crippen LogP contribution in [-0.2, 0) is 11.3 Å². The first-order valence-electron chi connectivity index (χ1n) is 6.78. The predicted molar refractivity (Wildman–Crippen MR) is 84.2 cm³/mol. The summed E-state index contributed by atoms with van der Waals surface area (Å²) in [4.78, 5) is 15.9. The molecule has 3 aromatic rings. The number of esters is 1. The number of phenols is 1. The molecular formula is C17H12ClNO4. The summed E-state index contributed by atoms with van der Waals surface area (Å²) >= 11 is 5.84. The van der Waals surface area contributed by atoms with E-state index in [1.54, 1.807) is 18.3 Å². The highest BCUT2D eigenvalue weighted by molar-refractivity contribution is 6.30. The van der Waals surface area contributed by atoms with Crippen LogP contribution in [-0.4, -0.2) is 16.1 Å². The van der Waals surface area contributed by atoms with Gasteiger partial charge in [0.05, 0.1) is 11.8 Å². The Balaban J connectivity index is 1.64. The number of ether oxygens (including phenoxy) is 1. The lowest BCUT2D eigenvalue weighted by Crippen LogP contribution is -2.05. The Morgan fingerprint density at radius 2 is 1.83 bits per heavy atom. The molecule has 23 heavy (non-hydrogen) atoms. The van der Waals surface area contributed by atoms with E-state index in [9.17, 15) is 9.90 Å². The van der Waals surface area contributed by atoms with Gasteiger partial charge in [0.2, 0.25) is 5.89 Å². The second-order valence-corrected chi connectivity index (χ2v) is 5.18. The van der Waals surface area contributed by atoms with E-state index in [1.165, 1.54) is 24.3 Å². The van der Waals surface area contributed by atoms with Crippen LogP contribution in [0.5, 0.6) is 5.75 Å². The molecule has 0 radical (unpaired) electrons. The fraction of sp³-hybridized carbons (Fsp3) is 0.0588. The molecule has 0 atom stereocenters. The zero-order chi connectivity index (χ0) is 16.2. The Morgan fingerprint density at radius 1 is 1.13 bits per heavy atom. The first-order chi connectivity index (χ1) is 11.1. The third-order valence-corrected chi connectivity index (χ3v) is 3.36. The maximum Gasteiger partial charge on any atom is 0.338 e. The molecule has 116 valence electrons. The number of aromatic nitrogens is 1. The minimum absolute atomic E-state index is 0.0761. The molecule has 1 N–H and O–H groups in total. The molecule has 0 saturated heterocycles. The van der Waals surface area contributed by atoms with Crippen molar-refractivity contribution in [3.05, 3.63) is 71.2 Å². The molecule has 0 amide bonds. The topological polar surface area (TPSA) is 72.6 Å². The van der Waals surface area contributed by atoms with Gasteiger partial charge in [-0.05, 0) is 48.5 Å². The molecule has 3 rings (SSSR count). The van der Waals surface area contributed by atoms with Gasteiger partial charge in [-0.2, -0.15) is 0 Å². The van der Waals surface area contributed by atoms with Crippen LogP contribution < -0.4 is 0 Å². The van der Waals surface area contributed by atoms with Gasteiger partial charge in [0.15, 0.2) is 12.4 Å². The summed E-state index contributed by atoms with van der Waals surface area (Å²) in [6, 6.07) is 12.9. The highest BCUT2D eigenvalue weighted by Crippen LogP contribution is 2.22. The molecule has 0 saturated carbocycles. The maximum absolute atomic E-state index is 11.9. The van der Waals surface area contributed by atoms with Gasteiger partial charge < -0.3 is 14.3 Å². The van der Waals surface area contributed by atoms with Crippen molar-refractivity contribution in [1.29, 1.82) is 0 Å². The molecular weight excluding hydrogens is 318 g/mol. The normalized spacial score (nSPS) is 10.5. The van der Waals surface area contributed by atoms with Crippen LogP contribution in [0.3, 0.4) is 0 Å². The fourth-order valence-corrected chi connectivity index (χ4v) is 2.06. The molecule has 0 aliphatic carbocycles. The fourth-order valence-electron chi connectivity index (χ4n) is 1.93. The lowest BCUT2D eigenvalue weighted by atomic mass is 10.2. The van der Waals surface area contributed by atoms with Gasteiger partial charge in [0.25, 0.3) is 0 Å². The van der Waals surface area contributed by atoms with Crippen LogP contribution in [0.2, 0.25) is 5.02 Å². The highest BCUT2D eigenvalue weighted by atomic mass is 35.5. The van der Waals surface area contributed by atoms with Gasteiger partial charge in [-0.25, -0.2) is 9.78 Å². The molecule has 0 spiro atoms. The van der Waals surface area contributed by atoms with Crippen LogP contribution in [0, 0.1) is 0 Å². The van der Waals surface area contributed by atoms with Crippen molar-refractivity contribution < 1.29 is 19.1 Å². The summed E-state index contributed by atoms with van der Waals surface area (Å²) in [5, 5.41) is 9.82. The number of oxazole rings is 1. The van der Waals surface area contributed by atoms with Crippen molar-refractivity contribution in [1.82, 2.24) is 4.98 Å². The number of halogens is 1. The summed E-state index contributed by atoms with van der Waals surface area (Å²) in [5.74, 6) is 0.428. The zero-order valence-electron chi connectivity index (χ0n) is 11.9. The highest BCUT2D eigenvalue weighted by Gasteiger charge is 2.11. The van der Waals surface area contributed by atoms with E-state index >= 15 is 0 Å². The number of aromatic hydroxyl groups is 1. The third-order valence-electron chi connectivity index (χ3n) is 3.11.